The molecule has 3 atom stereocenters. The van der Waals surface area contributed by atoms with Crippen molar-refractivity contribution in [3.8, 4) is 0 Å². The Kier molecular flexibility index (Phi) is 6.07. The molecular formula is C20H21F3N2O4. The number of benzene rings is 1. The lowest BCUT2D eigenvalue weighted by atomic mass is 9.92. The van der Waals surface area contributed by atoms with Crippen molar-refractivity contribution in [2.24, 2.45) is 5.92 Å². The second-order valence-corrected chi connectivity index (χ2v) is 7.23. The van der Waals surface area contributed by atoms with Crippen molar-refractivity contribution in [1.29, 1.82) is 0 Å². The van der Waals surface area contributed by atoms with Crippen LogP contribution in [0, 0.1) is 5.92 Å². The van der Waals surface area contributed by atoms with E-state index in [1.165, 1.54) is 0 Å². The Bertz CT molecular complexity index is 903. The molecule has 2 aliphatic rings. The van der Waals surface area contributed by atoms with Gasteiger partial charge in [0.1, 0.15) is 0 Å². The summed E-state index contributed by atoms with van der Waals surface area (Å²) >= 11 is 0. The van der Waals surface area contributed by atoms with Crippen molar-refractivity contribution < 1.29 is 32.6 Å². The number of nitrogens with zero attached hydrogens (tertiary/aromatic N) is 2. The molecule has 0 radical (unpaired) electrons. The molecule has 2 saturated heterocycles. The van der Waals surface area contributed by atoms with Crippen LogP contribution in [-0.4, -0.2) is 58.3 Å². The Hall–Kier alpha value is -2.68. The van der Waals surface area contributed by atoms with Crippen LogP contribution in [0.1, 0.15) is 30.1 Å². The first-order valence-electron chi connectivity index (χ1n) is 9.25. The van der Waals surface area contributed by atoms with Crippen LogP contribution in [-0.2, 0) is 9.53 Å². The Balaban J connectivity index is 0.000000298. The van der Waals surface area contributed by atoms with Crippen molar-refractivity contribution in [2.75, 3.05) is 13.1 Å². The molecule has 1 amide bonds. The Labute approximate surface area is 165 Å². The fraction of sp³-hybridized carbons (Fsp3) is 0.450. The number of fused-ring (bicyclic) bond motifs is 2. The zero-order chi connectivity index (χ0) is 21.2. The van der Waals surface area contributed by atoms with Gasteiger partial charge in [-0.15, -0.1) is 0 Å². The number of aliphatic carboxylic acids is 1. The van der Waals surface area contributed by atoms with E-state index >= 15 is 0 Å². The predicted molar refractivity (Wildman–Crippen MR) is 98.4 cm³/mol. The van der Waals surface area contributed by atoms with Gasteiger partial charge in [-0.3, -0.25) is 9.78 Å². The van der Waals surface area contributed by atoms with Crippen molar-refractivity contribution in [3.05, 3.63) is 42.1 Å². The van der Waals surface area contributed by atoms with Crippen LogP contribution < -0.4 is 0 Å². The standard InChI is InChI=1S/C18H20N2O2.C2HF3O2/c1-12-9-15-11-20(8-6-17(15)22-12)18(21)14-4-5-16-13(10-14)3-2-7-19-16;3-2(4,5)1(6)7/h2-5,7,10,12,15,17H,6,8-9,11H2,1H3;(H,6,7)/t12-,15-,17+;/m0./s1. The number of hydrogen-bond acceptors (Lipinski definition) is 4. The maximum absolute atomic E-state index is 12.8. The monoisotopic (exact) mass is 410 g/mol. The molecule has 2 aromatic rings. The maximum atomic E-state index is 12.8. The molecule has 1 N–H and O–H groups in total. The zero-order valence-corrected chi connectivity index (χ0v) is 15.7. The first kappa shape index (κ1) is 21.0. The second kappa shape index (κ2) is 8.36. The van der Waals surface area contributed by atoms with E-state index in [1.807, 2.05) is 35.2 Å². The molecule has 9 heteroatoms. The Morgan fingerprint density at radius 1 is 1.28 bits per heavy atom. The maximum Gasteiger partial charge on any atom is 0.490 e. The quantitative estimate of drug-likeness (QED) is 0.778. The summed E-state index contributed by atoms with van der Waals surface area (Å²) in [5.41, 5.74) is 1.68. The zero-order valence-electron chi connectivity index (χ0n) is 15.7. The highest BCUT2D eigenvalue weighted by atomic mass is 19.4. The molecule has 0 saturated carbocycles. The number of likely N-dealkylation sites (tertiary alicyclic amines) is 1. The van der Waals surface area contributed by atoms with E-state index in [2.05, 4.69) is 11.9 Å². The first-order valence-corrected chi connectivity index (χ1v) is 9.25. The summed E-state index contributed by atoms with van der Waals surface area (Å²) in [6.45, 7) is 3.73. The number of carbonyl (C=O) groups is 2. The van der Waals surface area contributed by atoms with Crippen LogP contribution in [0.5, 0.6) is 0 Å². The topological polar surface area (TPSA) is 79.7 Å². The number of alkyl halides is 3. The van der Waals surface area contributed by atoms with Crippen LogP contribution >= 0.6 is 0 Å². The van der Waals surface area contributed by atoms with Crippen molar-refractivity contribution in [3.63, 3.8) is 0 Å². The third kappa shape index (κ3) is 5.03. The summed E-state index contributed by atoms with van der Waals surface area (Å²) in [7, 11) is 0. The minimum absolute atomic E-state index is 0.128. The van der Waals surface area contributed by atoms with Crippen LogP contribution in [0.25, 0.3) is 10.9 Å². The largest absolute Gasteiger partial charge is 0.490 e. The first-order chi connectivity index (χ1) is 13.6. The molecule has 0 unspecified atom stereocenters. The molecule has 6 nitrogen and oxygen atoms in total. The lowest BCUT2D eigenvalue weighted by Gasteiger charge is -2.34. The molecule has 0 spiro atoms. The highest BCUT2D eigenvalue weighted by Gasteiger charge is 2.39. The van der Waals surface area contributed by atoms with E-state index in [4.69, 9.17) is 14.6 Å². The normalized spacial score (nSPS) is 23.9. The lowest BCUT2D eigenvalue weighted by Crippen LogP contribution is -2.44. The summed E-state index contributed by atoms with van der Waals surface area (Å²) in [6.07, 6.45) is -0.612. The van der Waals surface area contributed by atoms with Gasteiger partial charge in [-0.05, 0) is 44.0 Å². The fourth-order valence-corrected chi connectivity index (χ4v) is 3.77. The van der Waals surface area contributed by atoms with E-state index in [-0.39, 0.29) is 5.91 Å². The van der Waals surface area contributed by atoms with Gasteiger partial charge in [-0.1, -0.05) is 6.07 Å². The summed E-state index contributed by atoms with van der Waals surface area (Å²) < 4.78 is 37.6. The Morgan fingerprint density at radius 2 is 2.00 bits per heavy atom. The van der Waals surface area contributed by atoms with Gasteiger partial charge < -0.3 is 14.7 Å². The number of pyridine rings is 1. The number of rotatable bonds is 1. The molecule has 0 aliphatic carbocycles. The number of halogens is 3. The van der Waals surface area contributed by atoms with Gasteiger partial charge in [-0.2, -0.15) is 13.2 Å². The van der Waals surface area contributed by atoms with Gasteiger partial charge in [0, 0.05) is 36.2 Å². The lowest BCUT2D eigenvalue weighted by molar-refractivity contribution is -0.192. The minimum Gasteiger partial charge on any atom is -0.475 e. The average Bonchev–Trinajstić information content (AvgIpc) is 3.06. The van der Waals surface area contributed by atoms with Gasteiger partial charge in [0.25, 0.3) is 5.91 Å². The smallest absolute Gasteiger partial charge is 0.475 e. The average molecular weight is 410 g/mol. The molecule has 2 aliphatic heterocycles. The highest BCUT2D eigenvalue weighted by Crippen LogP contribution is 2.33. The van der Waals surface area contributed by atoms with Crippen molar-refractivity contribution in [2.45, 2.75) is 38.1 Å². The van der Waals surface area contributed by atoms with E-state index in [9.17, 15) is 18.0 Å². The second-order valence-electron chi connectivity index (χ2n) is 7.23. The predicted octanol–water partition coefficient (Wildman–Crippen LogP) is 3.51. The van der Waals surface area contributed by atoms with E-state index < -0.39 is 12.1 Å². The number of aromatic nitrogens is 1. The molecule has 2 fully saturated rings. The summed E-state index contributed by atoms with van der Waals surface area (Å²) in [5.74, 6) is -2.13. The fourth-order valence-electron chi connectivity index (χ4n) is 3.77. The van der Waals surface area contributed by atoms with Crippen molar-refractivity contribution in [1.82, 2.24) is 9.88 Å². The number of amides is 1. The molecule has 29 heavy (non-hydrogen) atoms. The molecule has 3 heterocycles. The van der Waals surface area contributed by atoms with Gasteiger partial charge in [0.15, 0.2) is 0 Å². The Morgan fingerprint density at radius 3 is 2.69 bits per heavy atom. The van der Waals surface area contributed by atoms with E-state index in [0.29, 0.717) is 18.1 Å². The summed E-state index contributed by atoms with van der Waals surface area (Å²) in [6, 6.07) is 9.66. The number of carboxylic acids is 1. The molecule has 156 valence electrons. The van der Waals surface area contributed by atoms with Crippen LogP contribution in [0.2, 0.25) is 0 Å². The third-order valence-electron chi connectivity index (χ3n) is 5.09. The molecule has 1 aromatic heterocycles. The third-order valence-corrected chi connectivity index (χ3v) is 5.09. The molecule has 4 rings (SSSR count). The van der Waals surface area contributed by atoms with Gasteiger partial charge in [0.05, 0.1) is 17.7 Å². The molecule has 1 aromatic carbocycles. The summed E-state index contributed by atoms with van der Waals surface area (Å²) in [4.78, 5) is 28.0. The van der Waals surface area contributed by atoms with Crippen molar-refractivity contribution >= 4 is 22.8 Å². The van der Waals surface area contributed by atoms with Crippen LogP contribution in [0.15, 0.2) is 36.5 Å². The van der Waals surface area contributed by atoms with Crippen LogP contribution in [0.4, 0.5) is 13.2 Å². The molecule has 0 bridgehead atoms. The number of carbonyl (C=O) groups excluding carboxylic acids is 1. The van der Waals surface area contributed by atoms with E-state index in [0.717, 1.165) is 42.4 Å². The number of carboxylic acid groups (broad SMARTS) is 1. The summed E-state index contributed by atoms with van der Waals surface area (Å²) in [5, 5.41) is 8.14. The number of hydrogen-bond donors (Lipinski definition) is 1. The van der Waals surface area contributed by atoms with Gasteiger partial charge in [-0.25, -0.2) is 4.79 Å². The SMILES string of the molecule is C[C@H]1C[C@H]2CN(C(=O)c3ccc4ncccc4c3)CC[C@H]2O1.O=C(O)C(F)(F)F. The number of piperidine rings is 1. The highest BCUT2D eigenvalue weighted by molar-refractivity contribution is 5.98. The van der Waals surface area contributed by atoms with Gasteiger partial charge in [0.2, 0.25) is 0 Å². The minimum atomic E-state index is -5.08. The van der Waals surface area contributed by atoms with Crippen LogP contribution in [0.3, 0.4) is 0 Å². The number of ether oxygens (including phenoxy) is 1. The van der Waals surface area contributed by atoms with Gasteiger partial charge >= 0.3 is 12.1 Å². The van der Waals surface area contributed by atoms with E-state index in [1.54, 1.807) is 6.20 Å². The molecular weight excluding hydrogens is 389 g/mol.